The number of hydrogen-bond acceptors (Lipinski definition) is 5. The van der Waals surface area contributed by atoms with Crippen molar-refractivity contribution < 1.29 is 17.5 Å². The molecule has 5 nitrogen and oxygen atoms in total. The van der Waals surface area contributed by atoms with Gasteiger partial charge in [-0.15, -0.1) is 11.3 Å². The van der Waals surface area contributed by atoms with Gasteiger partial charge in [0, 0.05) is 23.9 Å². The Bertz CT molecular complexity index is 1030. The van der Waals surface area contributed by atoms with Gasteiger partial charge >= 0.3 is 0 Å². The lowest BCUT2D eigenvalue weighted by molar-refractivity contribution is 0.402. The minimum Gasteiger partial charge on any atom is -0.495 e. The van der Waals surface area contributed by atoms with Crippen molar-refractivity contribution in [2.45, 2.75) is 18.2 Å². The van der Waals surface area contributed by atoms with Crippen LogP contribution in [0.25, 0.3) is 10.6 Å². The second kappa shape index (κ2) is 8.16. The van der Waals surface area contributed by atoms with Crippen LogP contribution in [0, 0.1) is 12.7 Å². The van der Waals surface area contributed by atoms with Crippen molar-refractivity contribution in [3.05, 3.63) is 64.9 Å². The number of thiazole rings is 1. The molecule has 0 bridgehead atoms. The van der Waals surface area contributed by atoms with Gasteiger partial charge in [0.1, 0.15) is 21.5 Å². The zero-order chi connectivity index (χ0) is 19.4. The molecule has 0 radical (unpaired) electrons. The van der Waals surface area contributed by atoms with Crippen LogP contribution in [0.1, 0.15) is 11.3 Å². The topological polar surface area (TPSA) is 68.3 Å². The molecule has 0 aliphatic rings. The van der Waals surface area contributed by atoms with Gasteiger partial charge in [-0.2, -0.15) is 0 Å². The molecule has 0 saturated carbocycles. The fourth-order valence-electron chi connectivity index (χ4n) is 2.53. The van der Waals surface area contributed by atoms with Crippen molar-refractivity contribution in [2.24, 2.45) is 0 Å². The highest BCUT2D eigenvalue weighted by molar-refractivity contribution is 7.89. The predicted octanol–water partition coefficient (Wildman–Crippen LogP) is 3.79. The summed E-state index contributed by atoms with van der Waals surface area (Å²) in [4.78, 5) is 4.61. The summed E-state index contributed by atoms with van der Waals surface area (Å²) in [6.07, 6.45) is 0.449. The van der Waals surface area contributed by atoms with Gasteiger partial charge in [0.2, 0.25) is 10.0 Å². The molecular weight excluding hydrogens is 387 g/mol. The quantitative estimate of drug-likeness (QED) is 0.648. The zero-order valence-corrected chi connectivity index (χ0v) is 16.5. The van der Waals surface area contributed by atoms with Crippen LogP contribution >= 0.6 is 11.3 Å². The molecule has 3 aromatic rings. The van der Waals surface area contributed by atoms with E-state index in [1.807, 2.05) is 12.3 Å². The minimum absolute atomic E-state index is 0.121. The fourth-order valence-corrected chi connectivity index (χ4v) is 4.68. The molecule has 1 heterocycles. The fraction of sp³-hybridized carbons (Fsp3) is 0.211. The molecule has 1 aromatic heterocycles. The van der Waals surface area contributed by atoms with Crippen molar-refractivity contribution >= 4 is 21.4 Å². The van der Waals surface area contributed by atoms with E-state index in [0.29, 0.717) is 12.2 Å². The number of rotatable bonds is 7. The number of nitrogens with zero attached hydrogens (tertiary/aromatic N) is 1. The smallest absolute Gasteiger partial charge is 0.244 e. The Balaban J connectivity index is 1.66. The molecule has 0 saturated heterocycles. The van der Waals surface area contributed by atoms with Crippen molar-refractivity contribution in [1.82, 2.24) is 9.71 Å². The molecule has 0 fully saturated rings. The summed E-state index contributed by atoms with van der Waals surface area (Å²) in [6, 6.07) is 11.1. The second-order valence-corrected chi connectivity index (χ2v) is 8.55. The van der Waals surface area contributed by atoms with Crippen LogP contribution in [-0.2, 0) is 16.4 Å². The molecular formula is C19H19FN2O3S2. The lowest BCUT2D eigenvalue weighted by atomic mass is 10.2. The average Bonchev–Trinajstić information content (AvgIpc) is 3.11. The van der Waals surface area contributed by atoms with E-state index < -0.39 is 10.0 Å². The molecule has 0 aliphatic carbocycles. The monoisotopic (exact) mass is 406 g/mol. The molecule has 0 atom stereocenters. The van der Waals surface area contributed by atoms with E-state index in [2.05, 4.69) is 9.71 Å². The first-order chi connectivity index (χ1) is 12.9. The first-order valence-corrected chi connectivity index (χ1v) is 10.6. The summed E-state index contributed by atoms with van der Waals surface area (Å²) < 4.78 is 45.9. The number of sulfonamides is 1. The van der Waals surface area contributed by atoms with Crippen LogP contribution < -0.4 is 9.46 Å². The number of benzene rings is 2. The van der Waals surface area contributed by atoms with Crippen LogP contribution in [-0.4, -0.2) is 27.1 Å². The van der Waals surface area contributed by atoms with Crippen molar-refractivity contribution in [1.29, 1.82) is 0 Å². The Hall–Kier alpha value is -2.29. The van der Waals surface area contributed by atoms with Crippen molar-refractivity contribution in [3.63, 3.8) is 0 Å². The Kier molecular flexibility index (Phi) is 5.88. The molecule has 0 amide bonds. The maximum Gasteiger partial charge on any atom is 0.244 e. The van der Waals surface area contributed by atoms with E-state index in [4.69, 9.17) is 4.74 Å². The highest BCUT2D eigenvalue weighted by Gasteiger charge is 2.19. The van der Waals surface area contributed by atoms with Gasteiger partial charge in [-0.3, -0.25) is 0 Å². The average molecular weight is 407 g/mol. The summed E-state index contributed by atoms with van der Waals surface area (Å²) >= 11 is 1.44. The number of nitrogens with one attached hydrogen (secondary N) is 1. The van der Waals surface area contributed by atoms with Gasteiger partial charge in [-0.1, -0.05) is 6.07 Å². The van der Waals surface area contributed by atoms with Gasteiger partial charge < -0.3 is 4.74 Å². The van der Waals surface area contributed by atoms with Crippen molar-refractivity contribution in [2.75, 3.05) is 13.7 Å². The van der Waals surface area contributed by atoms with E-state index in [0.717, 1.165) is 21.8 Å². The summed E-state index contributed by atoms with van der Waals surface area (Å²) in [5, 5.41) is 2.65. The molecule has 142 valence electrons. The van der Waals surface area contributed by atoms with Crippen LogP contribution in [0.3, 0.4) is 0 Å². The molecule has 8 heteroatoms. The third kappa shape index (κ3) is 4.71. The summed E-state index contributed by atoms with van der Waals surface area (Å²) in [7, 11) is -2.25. The summed E-state index contributed by atoms with van der Waals surface area (Å²) in [5.41, 5.74) is 2.44. The van der Waals surface area contributed by atoms with Gasteiger partial charge in [0.05, 0.1) is 12.8 Å². The van der Waals surface area contributed by atoms with Gasteiger partial charge in [-0.05, 0) is 48.9 Å². The largest absolute Gasteiger partial charge is 0.495 e. The van der Waals surface area contributed by atoms with Crippen LogP contribution in [0.15, 0.2) is 52.7 Å². The van der Waals surface area contributed by atoms with E-state index in [1.165, 1.54) is 30.6 Å². The highest BCUT2D eigenvalue weighted by atomic mass is 32.2. The minimum atomic E-state index is -3.69. The number of aromatic nitrogens is 1. The SMILES string of the molecule is COc1ccc(C)cc1S(=O)(=O)NCCc1csc(-c2ccc(F)cc2)n1. The molecule has 27 heavy (non-hydrogen) atoms. The van der Waals surface area contributed by atoms with E-state index in [-0.39, 0.29) is 17.3 Å². The van der Waals surface area contributed by atoms with Gasteiger partial charge in [0.25, 0.3) is 0 Å². The van der Waals surface area contributed by atoms with E-state index >= 15 is 0 Å². The van der Waals surface area contributed by atoms with Crippen molar-refractivity contribution in [3.8, 4) is 16.3 Å². The summed E-state index contributed by atoms with van der Waals surface area (Å²) in [5.74, 6) is 0.0110. The van der Waals surface area contributed by atoms with Crippen LogP contribution in [0.2, 0.25) is 0 Å². The lowest BCUT2D eigenvalue weighted by Gasteiger charge is -2.11. The van der Waals surface area contributed by atoms with Gasteiger partial charge in [0.15, 0.2) is 0 Å². The second-order valence-electron chi connectivity index (χ2n) is 5.95. The van der Waals surface area contributed by atoms with Crippen LogP contribution in [0.4, 0.5) is 4.39 Å². The first kappa shape index (κ1) is 19.5. The molecule has 0 unspecified atom stereocenters. The normalized spacial score (nSPS) is 11.5. The Morgan fingerprint density at radius 1 is 1.19 bits per heavy atom. The lowest BCUT2D eigenvalue weighted by Crippen LogP contribution is -2.26. The maximum absolute atomic E-state index is 13.0. The Labute approximate surface area is 161 Å². The third-order valence-electron chi connectivity index (χ3n) is 3.92. The van der Waals surface area contributed by atoms with E-state index in [9.17, 15) is 12.8 Å². The van der Waals surface area contributed by atoms with Gasteiger partial charge in [-0.25, -0.2) is 22.5 Å². The number of ether oxygens (including phenoxy) is 1. The molecule has 3 rings (SSSR count). The first-order valence-electron chi connectivity index (χ1n) is 8.24. The summed E-state index contributed by atoms with van der Waals surface area (Å²) in [6.45, 7) is 2.04. The molecule has 2 aromatic carbocycles. The standard InChI is InChI=1S/C19H19FN2O3S2/c1-13-3-8-17(25-2)18(11-13)27(23,24)21-10-9-16-12-26-19(22-16)14-4-6-15(20)7-5-14/h3-8,11-12,21H,9-10H2,1-2H3. The van der Waals surface area contributed by atoms with Crippen LogP contribution in [0.5, 0.6) is 5.75 Å². The number of aryl methyl sites for hydroxylation is 1. The highest BCUT2D eigenvalue weighted by Crippen LogP contribution is 2.25. The molecule has 0 spiro atoms. The number of halogens is 1. The molecule has 1 N–H and O–H groups in total. The third-order valence-corrected chi connectivity index (χ3v) is 6.35. The maximum atomic E-state index is 13.0. The Morgan fingerprint density at radius 3 is 2.63 bits per heavy atom. The number of hydrogen-bond donors (Lipinski definition) is 1. The molecule has 0 aliphatic heterocycles. The Morgan fingerprint density at radius 2 is 1.93 bits per heavy atom. The predicted molar refractivity (Wildman–Crippen MR) is 104 cm³/mol. The zero-order valence-electron chi connectivity index (χ0n) is 14.9. The van der Waals surface area contributed by atoms with E-state index in [1.54, 1.807) is 30.3 Å². The number of methoxy groups -OCH3 is 1.